The second-order valence-corrected chi connectivity index (χ2v) is 7.15. The highest BCUT2D eigenvalue weighted by Gasteiger charge is 2.26. The standard InChI is InChI=1S/C23H20FN5O/c1-15(16-5-3-2-4-6-16)26-23-25-12-11-19(27-23)21-20(17-7-9-18(24)10-8-17)22-29(28-21)13-14-30-22/h2-12,15H,13-14H2,1H3,(H,25,26,27)/t15-/m1/s1. The fourth-order valence-corrected chi connectivity index (χ4v) is 3.61. The van der Waals surface area contributed by atoms with Crippen molar-refractivity contribution in [3.05, 3.63) is 78.2 Å². The molecule has 150 valence electrons. The van der Waals surface area contributed by atoms with E-state index in [0.29, 0.717) is 36.4 Å². The second kappa shape index (κ2) is 7.59. The van der Waals surface area contributed by atoms with E-state index >= 15 is 0 Å². The average molecular weight is 401 g/mol. The number of fused-ring (bicyclic) bond motifs is 1. The SMILES string of the molecule is C[C@@H](Nc1nccc(-c2nn3c(c2-c2ccc(F)cc2)OCC3)n1)c1ccccc1. The molecule has 5 rings (SSSR count). The summed E-state index contributed by atoms with van der Waals surface area (Å²) < 4.78 is 21.1. The first-order valence-corrected chi connectivity index (χ1v) is 9.83. The van der Waals surface area contributed by atoms with Gasteiger partial charge in [-0.3, -0.25) is 0 Å². The molecule has 2 aromatic heterocycles. The molecule has 0 amide bonds. The van der Waals surface area contributed by atoms with Gasteiger partial charge in [-0.25, -0.2) is 19.0 Å². The maximum Gasteiger partial charge on any atom is 0.223 e. The van der Waals surface area contributed by atoms with Crippen LogP contribution in [0.2, 0.25) is 0 Å². The molecule has 7 heteroatoms. The highest BCUT2D eigenvalue weighted by Crippen LogP contribution is 2.40. The molecule has 0 saturated carbocycles. The fraction of sp³-hybridized carbons (Fsp3) is 0.174. The molecule has 30 heavy (non-hydrogen) atoms. The van der Waals surface area contributed by atoms with Crippen molar-refractivity contribution < 1.29 is 9.13 Å². The third-order valence-electron chi connectivity index (χ3n) is 5.12. The largest absolute Gasteiger partial charge is 0.475 e. The summed E-state index contributed by atoms with van der Waals surface area (Å²) in [5, 5.41) is 8.06. The first-order valence-electron chi connectivity index (χ1n) is 9.83. The van der Waals surface area contributed by atoms with E-state index in [0.717, 1.165) is 16.7 Å². The third-order valence-corrected chi connectivity index (χ3v) is 5.12. The zero-order valence-corrected chi connectivity index (χ0v) is 16.4. The van der Waals surface area contributed by atoms with Crippen molar-refractivity contribution in [2.75, 3.05) is 11.9 Å². The van der Waals surface area contributed by atoms with Crippen molar-refractivity contribution in [2.45, 2.75) is 19.5 Å². The van der Waals surface area contributed by atoms with Crippen molar-refractivity contribution in [2.24, 2.45) is 0 Å². The van der Waals surface area contributed by atoms with Crippen LogP contribution in [0, 0.1) is 5.82 Å². The van der Waals surface area contributed by atoms with Gasteiger partial charge in [0.05, 0.1) is 23.8 Å². The maximum absolute atomic E-state index is 13.5. The van der Waals surface area contributed by atoms with E-state index < -0.39 is 0 Å². The average Bonchev–Trinajstić information content (AvgIpc) is 3.37. The predicted molar refractivity (Wildman–Crippen MR) is 113 cm³/mol. The van der Waals surface area contributed by atoms with Crippen molar-refractivity contribution in [3.8, 4) is 28.4 Å². The lowest BCUT2D eigenvalue weighted by atomic mass is 10.0. The zero-order valence-electron chi connectivity index (χ0n) is 16.4. The number of hydrogen-bond donors (Lipinski definition) is 1. The molecule has 6 nitrogen and oxygen atoms in total. The summed E-state index contributed by atoms with van der Waals surface area (Å²) in [4.78, 5) is 9.07. The molecule has 0 fully saturated rings. The van der Waals surface area contributed by atoms with Crippen LogP contribution in [0.15, 0.2) is 66.9 Å². The highest BCUT2D eigenvalue weighted by molar-refractivity contribution is 5.83. The molecule has 0 saturated heterocycles. The van der Waals surface area contributed by atoms with E-state index in [2.05, 4.69) is 29.4 Å². The van der Waals surface area contributed by atoms with E-state index in [1.54, 1.807) is 18.3 Å². The predicted octanol–water partition coefficient (Wildman–Crippen LogP) is 4.71. The maximum atomic E-state index is 13.5. The Morgan fingerprint density at radius 3 is 2.67 bits per heavy atom. The molecule has 1 N–H and O–H groups in total. The quantitative estimate of drug-likeness (QED) is 0.525. The summed E-state index contributed by atoms with van der Waals surface area (Å²) in [6.45, 7) is 3.31. The van der Waals surface area contributed by atoms with Crippen LogP contribution >= 0.6 is 0 Å². The van der Waals surface area contributed by atoms with Gasteiger partial charge in [0, 0.05) is 6.20 Å². The minimum absolute atomic E-state index is 0.0494. The molecule has 0 unspecified atom stereocenters. The fourth-order valence-electron chi connectivity index (χ4n) is 3.61. The van der Waals surface area contributed by atoms with Crippen molar-refractivity contribution in [3.63, 3.8) is 0 Å². The van der Waals surface area contributed by atoms with Crippen LogP contribution in [-0.2, 0) is 6.54 Å². The van der Waals surface area contributed by atoms with Gasteiger partial charge in [-0.1, -0.05) is 42.5 Å². The van der Waals surface area contributed by atoms with Crippen LogP contribution in [0.5, 0.6) is 5.88 Å². The summed E-state index contributed by atoms with van der Waals surface area (Å²) in [5.41, 5.74) is 4.16. The summed E-state index contributed by atoms with van der Waals surface area (Å²) >= 11 is 0. The van der Waals surface area contributed by atoms with E-state index in [4.69, 9.17) is 14.8 Å². The topological polar surface area (TPSA) is 64.9 Å². The Balaban J connectivity index is 1.52. The van der Waals surface area contributed by atoms with Gasteiger partial charge < -0.3 is 10.1 Å². The molecule has 0 bridgehead atoms. The van der Waals surface area contributed by atoms with Gasteiger partial charge in [-0.05, 0) is 36.2 Å². The van der Waals surface area contributed by atoms with Crippen LogP contribution in [-0.4, -0.2) is 26.4 Å². The van der Waals surface area contributed by atoms with Gasteiger partial charge in [0.25, 0.3) is 0 Å². The van der Waals surface area contributed by atoms with Crippen LogP contribution in [0.4, 0.5) is 10.3 Å². The van der Waals surface area contributed by atoms with Crippen LogP contribution < -0.4 is 10.1 Å². The van der Waals surface area contributed by atoms with Crippen LogP contribution in [0.25, 0.3) is 22.5 Å². The first-order chi connectivity index (χ1) is 14.7. The Hall–Kier alpha value is -3.74. The summed E-state index contributed by atoms with van der Waals surface area (Å²) in [5.74, 6) is 0.916. The van der Waals surface area contributed by atoms with Gasteiger partial charge in [-0.15, -0.1) is 0 Å². The molecule has 1 aliphatic heterocycles. The number of nitrogens with zero attached hydrogens (tertiary/aromatic N) is 4. The monoisotopic (exact) mass is 401 g/mol. The second-order valence-electron chi connectivity index (χ2n) is 7.15. The van der Waals surface area contributed by atoms with Crippen molar-refractivity contribution in [1.29, 1.82) is 0 Å². The van der Waals surface area contributed by atoms with E-state index in [1.165, 1.54) is 12.1 Å². The lowest BCUT2D eigenvalue weighted by Crippen LogP contribution is -2.09. The van der Waals surface area contributed by atoms with Crippen molar-refractivity contribution >= 4 is 5.95 Å². The Morgan fingerprint density at radius 1 is 1.07 bits per heavy atom. The molecule has 4 aromatic rings. The molecule has 0 aliphatic carbocycles. The molecule has 1 aliphatic rings. The van der Waals surface area contributed by atoms with Crippen molar-refractivity contribution in [1.82, 2.24) is 19.7 Å². The number of aromatic nitrogens is 4. The first kappa shape index (κ1) is 18.3. The highest BCUT2D eigenvalue weighted by atomic mass is 19.1. The molecular formula is C23H20FN5O. The number of hydrogen-bond acceptors (Lipinski definition) is 5. The normalized spacial score (nSPS) is 13.5. The van der Waals surface area contributed by atoms with Crippen LogP contribution in [0.3, 0.4) is 0 Å². The molecule has 0 spiro atoms. The van der Waals surface area contributed by atoms with Gasteiger partial charge >= 0.3 is 0 Å². The van der Waals surface area contributed by atoms with Gasteiger partial charge in [0.2, 0.25) is 11.8 Å². The molecule has 2 aromatic carbocycles. The summed E-state index contributed by atoms with van der Waals surface area (Å²) in [6, 6.07) is 18.3. The minimum atomic E-state index is -0.284. The Kier molecular flexibility index (Phi) is 4.63. The van der Waals surface area contributed by atoms with E-state index in [-0.39, 0.29) is 11.9 Å². The van der Waals surface area contributed by atoms with Crippen LogP contribution in [0.1, 0.15) is 18.5 Å². The molecule has 0 radical (unpaired) electrons. The number of benzene rings is 2. The summed E-state index contributed by atoms with van der Waals surface area (Å²) in [6.07, 6.45) is 1.71. The van der Waals surface area contributed by atoms with E-state index in [9.17, 15) is 4.39 Å². The number of nitrogens with one attached hydrogen (secondary N) is 1. The van der Waals surface area contributed by atoms with E-state index in [1.807, 2.05) is 28.9 Å². The lowest BCUT2D eigenvalue weighted by molar-refractivity contribution is 0.358. The number of ether oxygens (including phenoxy) is 1. The molecular weight excluding hydrogens is 381 g/mol. The molecule has 1 atom stereocenters. The Bertz CT molecular complexity index is 1170. The van der Waals surface area contributed by atoms with Gasteiger partial charge in [0.1, 0.15) is 18.1 Å². The number of anilines is 1. The number of halogens is 1. The summed E-state index contributed by atoms with van der Waals surface area (Å²) in [7, 11) is 0. The number of rotatable bonds is 5. The lowest BCUT2D eigenvalue weighted by Gasteiger charge is -2.14. The zero-order chi connectivity index (χ0) is 20.5. The van der Waals surface area contributed by atoms with Gasteiger partial charge in [0.15, 0.2) is 0 Å². The Morgan fingerprint density at radius 2 is 1.87 bits per heavy atom. The smallest absolute Gasteiger partial charge is 0.223 e. The minimum Gasteiger partial charge on any atom is -0.475 e. The van der Waals surface area contributed by atoms with Gasteiger partial charge in [-0.2, -0.15) is 5.10 Å². The molecule has 3 heterocycles. The Labute approximate surface area is 173 Å². The third kappa shape index (κ3) is 3.39.